The summed E-state index contributed by atoms with van der Waals surface area (Å²) in [4.78, 5) is 0. The molecule has 4 heteroatoms. The molecular formula is C14H21NO3. The van der Waals surface area contributed by atoms with Crippen LogP contribution in [0.15, 0.2) is 18.2 Å². The monoisotopic (exact) mass is 251 g/mol. The molecule has 18 heavy (non-hydrogen) atoms. The Labute approximate surface area is 108 Å². The van der Waals surface area contributed by atoms with E-state index in [4.69, 9.17) is 4.74 Å². The number of hydrogen-bond acceptors (Lipinski definition) is 4. The minimum Gasteiger partial charge on any atom is -0.504 e. The largest absolute Gasteiger partial charge is 0.504 e. The average Bonchev–Trinajstić information content (AvgIpc) is 2.31. The van der Waals surface area contributed by atoms with Gasteiger partial charge < -0.3 is 20.3 Å². The molecule has 0 unspecified atom stereocenters. The maximum atomic E-state index is 9.58. The molecule has 0 spiro atoms. The molecule has 1 aromatic rings. The Morgan fingerprint density at radius 1 is 1.39 bits per heavy atom. The quantitative estimate of drug-likeness (QED) is 0.719. The molecule has 4 nitrogen and oxygen atoms in total. The summed E-state index contributed by atoms with van der Waals surface area (Å²) in [5.41, 5.74) is 1.09. The highest BCUT2D eigenvalue weighted by Crippen LogP contribution is 2.28. The van der Waals surface area contributed by atoms with Crippen LogP contribution in [0.4, 0.5) is 0 Å². The van der Waals surface area contributed by atoms with E-state index in [0.29, 0.717) is 18.3 Å². The summed E-state index contributed by atoms with van der Waals surface area (Å²) < 4.78 is 5.34. The molecule has 1 aliphatic rings. The number of phenols is 1. The van der Waals surface area contributed by atoms with Crippen LogP contribution in [-0.2, 0) is 6.54 Å². The molecule has 1 fully saturated rings. The van der Waals surface area contributed by atoms with Crippen LogP contribution in [0.3, 0.4) is 0 Å². The maximum absolute atomic E-state index is 9.58. The summed E-state index contributed by atoms with van der Waals surface area (Å²) in [6, 6.07) is 5.41. The summed E-state index contributed by atoms with van der Waals surface area (Å²) in [5, 5.41) is 22.1. The normalized spacial score (nSPS) is 22.6. The van der Waals surface area contributed by atoms with E-state index < -0.39 is 0 Å². The van der Waals surface area contributed by atoms with Crippen molar-refractivity contribution in [2.24, 2.45) is 5.92 Å². The minimum atomic E-state index is -0.0879. The standard InChI is InChI=1S/C14H21NO3/c1-2-18-14-7-10(3-4-13(14)17)8-15-9-11-5-12(16)6-11/h3-4,7,11-12,15-17H,2,5-6,8-9H2,1H3. The lowest BCUT2D eigenvalue weighted by atomic mass is 9.82. The minimum absolute atomic E-state index is 0.0879. The number of phenolic OH excluding ortho intramolecular Hbond substituents is 1. The van der Waals surface area contributed by atoms with Gasteiger partial charge in [0.25, 0.3) is 0 Å². The number of nitrogens with one attached hydrogen (secondary N) is 1. The van der Waals surface area contributed by atoms with Gasteiger partial charge in [0.15, 0.2) is 11.5 Å². The van der Waals surface area contributed by atoms with E-state index in [1.165, 1.54) is 0 Å². The third kappa shape index (κ3) is 3.37. The zero-order valence-corrected chi connectivity index (χ0v) is 10.7. The van der Waals surface area contributed by atoms with Crippen molar-refractivity contribution < 1.29 is 14.9 Å². The Morgan fingerprint density at radius 3 is 2.83 bits per heavy atom. The smallest absolute Gasteiger partial charge is 0.161 e. The highest BCUT2D eigenvalue weighted by molar-refractivity contribution is 5.41. The van der Waals surface area contributed by atoms with Crippen molar-refractivity contribution >= 4 is 0 Å². The first-order valence-corrected chi connectivity index (χ1v) is 6.52. The van der Waals surface area contributed by atoms with Crippen molar-refractivity contribution in [1.82, 2.24) is 5.32 Å². The van der Waals surface area contributed by atoms with Gasteiger partial charge >= 0.3 is 0 Å². The van der Waals surface area contributed by atoms with Crippen LogP contribution in [-0.4, -0.2) is 29.5 Å². The third-order valence-electron chi connectivity index (χ3n) is 3.30. The number of aromatic hydroxyl groups is 1. The molecule has 100 valence electrons. The van der Waals surface area contributed by atoms with Crippen molar-refractivity contribution in [2.75, 3.05) is 13.2 Å². The van der Waals surface area contributed by atoms with Crippen LogP contribution in [0.2, 0.25) is 0 Å². The Balaban J connectivity index is 1.79. The zero-order chi connectivity index (χ0) is 13.0. The summed E-state index contributed by atoms with van der Waals surface area (Å²) in [6.45, 7) is 4.13. The first kappa shape index (κ1) is 13.2. The Hall–Kier alpha value is -1.26. The molecule has 0 radical (unpaired) electrons. The Kier molecular flexibility index (Phi) is 4.44. The van der Waals surface area contributed by atoms with Crippen molar-refractivity contribution in [3.8, 4) is 11.5 Å². The molecular weight excluding hydrogens is 230 g/mol. The second-order valence-electron chi connectivity index (χ2n) is 4.86. The third-order valence-corrected chi connectivity index (χ3v) is 3.30. The van der Waals surface area contributed by atoms with Crippen molar-refractivity contribution in [2.45, 2.75) is 32.4 Å². The fourth-order valence-electron chi connectivity index (χ4n) is 2.23. The van der Waals surface area contributed by atoms with Gasteiger partial charge in [-0.2, -0.15) is 0 Å². The SMILES string of the molecule is CCOc1cc(CNCC2CC(O)C2)ccc1O. The fourth-order valence-corrected chi connectivity index (χ4v) is 2.23. The van der Waals surface area contributed by atoms with E-state index in [0.717, 1.165) is 31.5 Å². The highest BCUT2D eigenvalue weighted by atomic mass is 16.5. The molecule has 0 bridgehead atoms. The fraction of sp³-hybridized carbons (Fsp3) is 0.571. The van der Waals surface area contributed by atoms with E-state index in [9.17, 15) is 10.2 Å². The Morgan fingerprint density at radius 2 is 2.17 bits per heavy atom. The number of aliphatic hydroxyl groups is 1. The van der Waals surface area contributed by atoms with E-state index in [1.807, 2.05) is 19.1 Å². The lowest BCUT2D eigenvalue weighted by Crippen LogP contribution is -2.35. The topological polar surface area (TPSA) is 61.7 Å². The number of hydrogen-bond donors (Lipinski definition) is 3. The van der Waals surface area contributed by atoms with Crippen LogP contribution in [0.1, 0.15) is 25.3 Å². The van der Waals surface area contributed by atoms with Crippen LogP contribution >= 0.6 is 0 Å². The van der Waals surface area contributed by atoms with E-state index in [2.05, 4.69) is 5.32 Å². The second-order valence-corrected chi connectivity index (χ2v) is 4.86. The van der Waals surface area contributed by atoms with Gasteiger partial charge in [0.05, 0.1) is 12.7 Å². The van der Waals surface area contributed by atoms with Crippen molar-refractivity contribution in [1.29, 1.82) is 0 Å². The second kappa shape index (κ2) is 6.07. The molecule has 0 saturated heterocycles. The lowest BCUT2D eigenvalue weighted by Gasteiger charge is -2.31. The lowest BCUT2D eigenvalue weighted by molar-refractivity contribution is 0.0430. The number of rotatable bonds is 6. The first-order valence-electron chi connectivity index (χ1n) is 6.52. The van der Waals surface area contributed by atoms with Crippen LogP contribution in [0.5, 0.6) is 11.5 Å². The first-order chi connectivity index (χ1) is 8.69. The van der Waals surface area contributed by atoms with Crippen molar-refractivity contribution in [3.05, 3.63) is 23.8 Å². The molecule has 1 aromatic carbocycles. The molecule has 1 aliphatic carbocycles. The molecule has 0 aromatic heterocycles. The molecule has 3 N–H and O–H groups in total. The summed E-state index contributed by atoms with van der Waals surface area (Å²) in [5.74, 6) is 1.32. The average molecular weight is 251 g/mol. The molecule has 0 atom stereocenters. The van der Waals surface area contributed by atoms with E-state index in [1.54, 1.807) is 6.07 Å². The van der Waals surface area contributed by atoms with Gasteiger partial charge in [0, 0.05) is 6.54 Å². The van der Waals surface area contributed by atoms with Gasteiger partial charge in [-0.3, -0.25) is 0 Å². The van der Waals surface area contributed by atoms with Crippen LogP contribution in [0.25, 0.3) is 0 Å². The van der Waals surface area contributed by atoms with Gasteiger partial charge in [-0.1, -0.05) is 6.07 Å². The molecule has 1 saturated carbocycles. The van der Waals surface area contributed by atoms with Gasteiger partial charge in [-0.15, -0.1) is 0 Å². The van der Waals surface area contributed by atoms with Gasteiger partial charge in [0.2, 0.25) is 0 Å². The highest BCUT2D eigenvalue weighted by Gasteiger charge is 2.26. The predicted molar refractivity (Wildman–Crippen MR) is 69.7 cm³/mol. The summed E-state index contributed by atoms with van der Waals surface area (Å²) in [6.07, 6.45) is 1.73. The van der Waals surface area contributed by atoms with Crippen LogP contribution < -0.4 is 10.1 Å². The van der Waals surface area contributed by atoms with Crippen LogP contribution in [0, 0.1) is 5.92 Å². The molecule has 0 heterocycles. The van der Waals surface area contributed by atoms with Gasteiger partial charge in [-0.05, 0) is 49.9 Å². The number of aliphatic hydroxyl groups excluding tert-OH is 1. The van der Waals surface area contributed by atoms with Gasteiger partial charge in [0.1, 0.15) is 0 Å². The summed E-state index contributed by atoms with van der Waals surface area (Å²) >= 11 is 0. The van der Waals surface area contributed by atoms with E-state index >= 15 is 0 Å². The number of ether oxygens (including phenoxy) is 1. The number of benzene rings is 1. The molecule has 0 amide bonds. The predicted octanol–water partition coefficient (Wildman–Crippen LogP) is 1.65. The van der Waals surface area contributed by atoms with Gasteiger partial charge in [-0.25, -0.2) is 0 Å². The molecule has 0 aliphatic heterocycles. The Bertz CT molecular complexity index is 389. The molecule has 2 rings (SSSR count). The maximum Gasteiger partial charge on any atom is 0.161 e. The van der Waals surface area contributed by atoms with Crippen molar-refractivity contribution in [3.63, 3.8) is 0 Å². The summed E-state index contributed by atoms with van der Waals surface area (Å²) in [7, 11) is 0. The van der Waals surface area contributed by atoms with E-state index in [-0.39, 0.29) is 11.9 Å². The zero-order valence-electron chi connectivity index (χ0n) is 10.7.